The van der Waals surface area contributed by atoms with E-state index in [-0.39, 0.29) is 0 Å². The van der Waals surface area contributed by atoms with Gasteiger partial charge in [0.25, 0.3) is 0 Å². The molecule has 1 aromatic heterocycles. The number of aryl methyl sites for hydroxylation is 2. The Morgan fingerprint density at radius 2 is 1.93 bits per heavy atom. The van der Waals surface area contributed by atoms with Crippen molar-refractivity contribution < 1.29 is 9.47 Å². The third-order valence-electron chi connectivity index (χ3n) is 4.84. The molecule has 158 valence electrons. The Morgan fingerprint density at radius 1 is 1.13 bits per heavy atom. The Morgan fingerprint density at radius 3 is 2.67 bits per heavy atom. The molecule has 0 saturated heterocycles. The number of imidazole rings is 1. The van der Waals surface area contributed by atoms with Crippen molar-refractivity contribution in [3.8, 4) is 11.5 Å². The van der Waals surface area contributed by atoms with Gasteiger partial charge in [-0.15, -0.1) is 0 Å². The quantitative estimate of drug-likeness (QED) is 0.511. The second-order valence-corrected chi connectivity index (χ2v) is 7.41. The number of aromatic nitrogens is 2. The van der Waals surface area contributed by atoms with Crippen molar-refractivity contribution in [2.75, 3.05) is 26.1 Å². The number of hydrogen-bond acceptors (Lipinski definition) is 4. The van der Waals surface area contributed by atoms with E-state index < -0.39 is 0 Å². The van der Waals surface area contributed by atoms with Gasteiger partial charge >= 0.3 is 0 Å². The zero-order chi connectivity index (χ0) is 21.3. The van der Waals surface area contributed by atoms with Crippen LogP contribution >= 0.6 is 12.2 Å². The van der Waals surface area contributed by atoms with Crippen molar-refractivity contribution in [1.82, 2.24) is 14.5 Å². The van der Waals surface area contributed by atoms with E-state index in [1.54, 1.807) is 20.4 Å². The molecule has 1 N–H and O–H groups in total. The number of benzene rings is 2. The van der Waals surface area contributed by atoms with Gasteiger partial charge in [0.15, 0.2) is 5.11 Å². The molecular weight excluding hydrogens is 396 g/mol. The Labute approximate surface area is 183 Å². The van der Waals surface area contributed by atoms with Gasteiger partial charge in [0, 0.05) is 37.6 Å². The summed E-state index contributed by atoms with van der Waals surface area (Å²) in [7, 11) is 3.35. The van der Waals surface area contributed by atoms with E-state index in [1.165, 1.54) is 0 Å². The topological polar surface area (TPSA) is 51.5 Å². The number of hydrogen-bond donors (Lipinski definition) is 1. The molecule has 0 aliphatic heterocycles. The maximum Gasteiger partial charge on any atom is 0.173 e. The summed E-state index contributed by atoms with van der Waals surface area (Å²) < 4.78 is 13.1. The van der Waals surface area contributed by atoms with Crippen molar-refractivity contribution in [1.29, 1.82) is 0 Å². The summed E-state index contributed by atoms with van der Waals surface area (Å²) in [5.41, 5.74) is 3.09. The van der Waals surface area contributed by atoms with Crippen LogP contribution in [0.3, 0.4) is 0 Å². The number of anilines is 1. The van der Waals surface area contributed by atoms with E-state index in [2.05, 4.69) is 25.8 Å². The Hall–Kier alpha value is -3.06. The number of nitrogens with zero attached hydrogens (tertiary/aromatic N) is 3. The second-order valence-electron chi connectivity index (χ2n) is 7.02. The van der Waals surface area contributed by atoms with Crippen LogP contribution in [0.2, 0.25) is 0 Å². The number of ether oxygens (including phenoxy) is 2. The predicted octanol–water partition coefficient (Wildman–Crippen LogP) is 4.50. The molecule has 0 amide bonds. The zero-order valence-electron chi connectivity index (χ0n) is 17.7. The predicted molar refractivity (Wildman–Crippen MR) is 124 cm³/mol. The smallest absolute Gasteiger partial charge is 0.173 e. The van der Waals surface area contributed by atoms with Gasteiger partial charge in [0.2, 0.25) is 0 Å². The van der Waals surface area contributed by atoms with E-state index in [9.17, 15) is 0 Å². The van der Waals surface area contributed by atoms with E-state index in [0.717, 1.165) is 47.8 Å². The summed E-state index contributed by atoms with van der Waals surface area (Å²) in [6.07, 6.45) is 6.53. The van der Waals surface area contributed by atoms with Gasteiger partial charge in [-0.05, 0) is 49.3 Å². The monoisotopic (exact) mass is 424 g/mol. The molecule has 0 saturated carbocycles. The fourth-order valence-corrected chi connectivity index (χ4v) is 3.53. The van der Waals surface area contributed by atoms with Crippen molar-refractivity contribution in [3.63, 3.8) is 0 Å². The average Bonchev–Trinajstić information content (AvgIpc) is 3.27. The summed E-state index contributed by atoms with van der Waals surface area (Å²) in [6, 6.07) is 14.0. The number of thiocarbonyl (C=S) groups is 1. The number of para-hydroxylation sites is 1. The molecule has 0 bridgehead atoms. The van der Waals surface area contributed by atoms with Crippen LogP contribution in [0.15, 0.2) is 61.2 Å². The maximum atomic E-state index is 5.80. The Kier molecular flexibility index (Phi) is 7.68. The molecule has 3 rings (SSSR count). The average molecular weight is 425 g/mol. The Bertz CT molecular complexity index is 960. The largest absolute Gasteiger partial charge is 0.496 e. The van der Waals surface area contributed by atoms with Crippen LogP contribution in [-0.4, -0.2) is 40.3 Å². The molecule has 3 aromatic rings. The van der Waals surface area contributed by atoms with Crippen LogP contribution in [0.1, 0.15) is 17.5 Å². The van der Waals surface area contributed by atoms with Crippen LogP contribution < -0.4 is 14.8 Å². The lowest BCUT2D eigenvalue weighted by Crippen LogP contribution is -2.35. The van der Waals surface area contributed by atoms with Gasteiger partial charge in [-0.1, -0.05) is 24.3 Å². The molecule has 0 spiro atoms. The standard InChI is InChI=1S/C23H28N4O2S/c1-18-9-10-22(29-3)20(15-18)25-23(30)27(13-6-12-26-14-11-24-17-26)16-19-7-4-5-8-21(19)28-2/h4-5,7-11,14-15,17H,6,12-13,16H2,1-3H3,(H,25,30). The van der Waals surface area contributed by atoms with E-state index in [4.69, 9.17) is 21.7 Å². The van der Waals surface area contributed by atoms with E-state index in [1.807, 2.05) is 55.8 Å². The summed E-state index contributed by atoms with van der Waals surface area (Å²) in [5.74, 6) is 1.62. The van der Waals surface area contributed by atoms with Crippen molar-refractivity contribution in [2.45, 2.75) is 26.4 Å². The SMILES string of the molecule is COc1ccccc1CN(CCCn1ccnc1)C(=S)Nc1cc(C)ccc1OC. The molecule has 0 aliphatic carbocycles. The third kappa shape index (κ3) is 5.73. The molecule has 0 atom stereocenters. The molecule has 0 unspecified atom stereocenters. The summed E-state index contributed by atoms with van der Waals surface area (Å²) in [6.45, 7) is 4.36. The highest BCUT2D eigenvalue weighted by molar-refractivity contribution is 7.80. The summed E-state index contributed by atoms with van der Waals surface area (Å²) >= 11 is 5.80. The van der Waals surface area contributed by atoms with Crippen molar-refractivity contribution >= 4 is 23.0 Å². The number of rotatable bonds is 9. The molecule has 2 aromatic carbocycles. The lowest BCUT2D eigenvalue weighted by atomic mass is 10.2. The van der Waals surface area contributed by atoms with Crippen molar-refractivity contribution in [2.24, 2.45) is 0 Å². The van der Waals surface area contributed by atoms with Crippen LogP contribution in [0.5, 0.6) is 11.5 Å². The lowest BCUT2D eigenvalue weighted by Gasteiger charge is -2.27. The van der Waals surface area contributed by atoms with Gasteiger partial charge in [-0.3, -0.25) is 0 Å². The summed E-state index contributed by atoms with van der Waals surface area (Å²) in [4.78, 5) is 6.27. The molecule has 7 heteroatoms. The fourth-order valence-electron chi connectivity index (χ4n) is 3.27. The number of nitrogens with one attached hydrogen (secondary N) is 1. The van der Waals surface area contributed by atoms with Gasteiger partial charge in [-0.2, -0.15) is 0 Å². The highest BCUT2D eigenvalue weighted by atomic mass is 32.1. The Balaban J connectivity index is 1.76. The highest BCUT2D eigenvalue weighted by Gasteiger charge is 2.15. The van der Waals surface area contributed by atoms with Crippen molar-refractivity contribution in [3.05, 3.63) is 72.3 Å². The number of methoxy groups -OCH3 is 2. The first-order valence-electron chi connectivity index (χ1n) is 9.89. The van der Waals surface area contributed by atoms with E-state index in [0.29, 0.717) is 11.7 Å². The minimum Gasteiger partial charge on any atom is -0.496 e. The second kappa shape index (κ2) is 10.6. The first kappa shape index (κ1) is 21.6. The fraction of sp³-hybridized carbons (Fsp3) is 0.304. The van der Waals surface area contributed by atoms with Crippen LogP contribution in [0.25, 0.3) is 0 Å². The molecule has 6 nitrogen and oxygen atoms in total. The molecule has 0 fully saturated rings. The van der Waals surface area contributed by atoms with Crippen LogP contribution in [0, 0.1) is 6.92 Å². The van der Waals surface area contributed by atoms with Crippen LogP contribution in [0.4, 0.5) is 5.69 Å². The summed E-state index contributed by atoms with van der Waals surface area (Å²) in [5, 5.41) is 4.02. The third-order valence-corrected chi connectivity index (χ3v) is 5.20. The minimum atomic E-state index is 0.647. The molecule has 1 heterocycles. The highest BCUT2D eigenvalue weighted by Crippen LogP contribution is 2.26. The molecule has 0 radical (unpaired) electrons. The van der Waals surface area contributed by atoms with Gasteiger partial charge in [0.05, 0.1) is 26.2 Å². The maximum absolute atomic E-state index is 5.80. The normalized spacial score (nSPS) is 10.5. The van der Waals surface area contributed by atoms with Gasteiger partial charge in [-0.25, -0.2) is 4.98 Å². The molecular formula is C23H28N4O2S. The zero-order valence-corrected chi connectivity index (χ0v) is 18.5. The first-order chi connectivity index (χ1) is 14.6. The van der Waals surface area contributed by atoms with Crippen LogP contribution in [-0.2, 0) is 13.1 Å². The van der Waals surface area contributed by atoms with E-state index >= 15 is 0 Å². The molecule has 0 aliphatic rings. The van der Waals surface area contributed by atoms with Gasteiger partial charge < -0.3 is 24.3 Å². The first-order valence-corrected chi connectivity index (χ1v) is 10.3. The lowest BCUT2D eigenvalue weighted by molar-refractivity contribution is 0.371. The minimum absolute atomic E-state index is 0.647. The molecule has 30 heavy (non-hydrogen) atoms. The van der Waals surface area contributed by atoms with Gasteiger partial charge in [0.1, 0.15) is 11.5 Å².